The number of rotatable bonds is 3. The molecule has 3 heterocycles. The van der Waals surface area contributed by atoms with Crippen LogP contribution in [-0.2, 0) is 16.1 Å². The van der Waals surface area contributed by atoms with Crippen molar-refractivity contribution in [3.8, 4) is 11.5 Å². The second-order valence-electron chi connectivity index (χ2n) is 9.63. The van der Waals surface area contributed by atoms with Gasteiger partial charge in [0.2, 0.25) is 18.6 Å². The fraction of sp³-hybridized carbons (Fsp3) is 0.652. The first kappa shape index (κ1) is 21.0. The van der Waals surface area contributed by atoms with E-state index >= 15 is 0 Å². The monoisotopic (exact) mass is 415 g/mol. The topological polar surface area (TPSA) is 62.3 Å². The van der Waals surface area contributed by atoms with E-state index in [2.05, 4.69) is 11.0 Å². The first-order valence-electron chi connectivity index (χ1n) is 11.0. The van der Waals surface area contributed by atoms with E-state index in [0.717, 1.165) is 63.6 Å². The summed E-state index contributed by atoms with van der Waals surface area (Å²) in [5.74, 6) is 1.91. The fourth-order valence-electron chi connectivity index (χ4n) is 4.52. The number of hydrogen-bond donors (Lipinski definition) is 0. The Morgan fingerprint density at radius 3 is 2.47 bits per heavy atom. The highest BCUT2D eigenvalue weighted by molar-refractivity contribution is 5.84. The van der Waals surface area contributed by atoms with Gasteiger partial charge in [-0.25, -0.2) is 0 Å². The Morgan fingerprint density at radius 2 is 1.73 bits per heavy atom. The summed E-state index contributed by atoms with van der Waals surface area (Å²) >= 11 is 0. The molecule has 3 aliphatic heterocycles. The lowest BCUT2D eigenvalue weighted by Crippen LogP contribution is -2.53. The maximum atomic E-state index is 13.1. The summed E-state index contributed by atoms with van der Waals surface area (Å²) in [5.41, 5.74) is 0.799. The van der Waals surface area contributed by atoms with E-state index in [4.69, 9.17) is 9.47 Å². The van der Waals surface area contributed by atoms with Gasteiger partial charge in [-0.3, -0.25) is 14.5 Å². The van der Waals surface area contributed by atoms with Crippen molar-refractivity contribution in [1.82, 2.24) is 14.7 Å². The molecule has 0 aliphatic carbocycles. The first-order valence-corrected chi connectivity index (χ1v) is 11.0. The van der Waals surface area contributed by atoms with Gasteiger partial charge >= 0.3 is 0 Å². The lowest BCUT2D eigenvalue weighted by Gasteiger charge is -2.40. The van der Waals surface area contributed by atoms with Gasteiger partial charge in [-0.15, -0.1) is 0 Å². The van der Waals surface area contributed by atoms with E-state index in [1.165, 1.54) is 5.56 Å². The van der Waals surface area contributed by atoms with Crippen molar-refractivity contribution >= 4 is 11.8 Å². The molecule has 164 valence electrons. The van der Waals surface area contributed by atoms with Gasteiger partial charge in [-0.1, -0.05) is 26.8 Å². The molecular formula is C23H33N3O4. The fourth-order valence-corrected chi connectivity index (χ4v) is 4.52. The Balaban J connectivity index is 1.28. The van der Waals surface area contributed by atoms with Crippen molar-refractivity contribution < 1.29 is 19.1 Å². The second kappa shape index (κ2) is 8.46. The molecule has 1 unspecified atom stereocenters. The average molecular weight is 416 g/mol. The Kier molecular flexibility index (Phi) is 5.91. The molecule has 0 saturated carbocycles. The lowest BCUT2D eigenvalue weighted by atomic mass is 9.90. The van der Waals surface area contributed by atoms with Crippen LogP contribution in [0.15, 0.2) is 18.2 Å². The number of piperazine rings is 1. The summed E-state index contributed by atoms with van der Waals surface area (Å²) in [4.78, 5) is 32.0. The Bertz CT molecular complexity index is 796. The largest absolute Gasteiger partial charge is 0.454 e. The zero-order chi connectivity index (χ0) is 21.3. The van der Waals surface area contributed by atoms with Crippen LogP contribution >= 0.6 is 0 Å². The molecule has 3 aliphatic rings. The molecular weight excluding hydrogens is 382 g/mol. The van der Waals surface area contributed by atoms with Crippen molar-refractivity contribution in [2.24, 2.45) is 11.3 Å². The molecule has 1 aromatic rings. The number of amides is 2. The molecule has 2 amide bonds. The maximum absolute atomic E-state index is 13.1. The van der Waals surface area contributed by atoms with Crippen LogP contribution in [0.1, 0.15) is 39.2 Å². The van der Waals surface area contributed by atoms with Gasteiger partial charge in [-0.05, 0) is 30.5 Å². The third kappa shape index (κ3) is 4.56. The highest BCUT2D eigenvalue weighted by Crippen LogP contribution is 2.33. The normalized spacial score (nSPS) is 22.3. The van der Waals surface area contributed by atoms with Crippen LogP contribution in [0.25, 0.3) is 0 Å². The number of ether oxygens (including phenoxy) is 2. The van der Waals surface area contributed by atoms with Crippen molar-refractivity contribution in [3.05, 3.63) is 23.8 Å². The zero-order valence-electron chi connectivity index (χ0n) is 18.4. The van der Waals surface area contributed by atoms with E-state index < -0.39 is 5.41 Å². The number of benzene rings is 1. The molecule has 30 heavy (non-hydrogen) atoms. The number of nitrogens with zero attached hydrogens (tertiary/aromatic N) is 3. The zero-order valence-corrected chi connectivity index (χ0v) is 18.4. The molecule has 1 atom stereocenters. The minimum absolute atomic E-state index is 0.0644. The molecule has 1 aromatic carbocycles. The smallest absolute Gasteiger partial charge is 0.231 e. The van der Waals surface area contributed by atoms with E-state index in [1.54, 1.807) is 0 Å². The third-order valence-corrected chi connectivity index (χ3v) is 6.23. The summed E-state index contributed by atoms with van der Waals surface area (Å²) in [6.07, 6.45) is 1.78. The van der Waals surface area contributed by atoms with E-state index in [1.807, 2.05) is 42.7 Å². The first-order chi connectivity index (χ1) is 14.3. The predicted molar refractivity (Wildman–Crippen MR) is 113 cm³/mol. The van der Waals surface area contributed by atoms with Gasteiger partial charge in [0.15, 0.2) is 11.5 Å². The number of fused-ring (bicyclic) bond motifs is 1. The van der Waals surface area contributed by atoms with Crippen LogP contribution in [0.3, 0.4) is 0 Å². The van der Waals surface area contributed by atoms with Crippen LogP contribution in [0.2, 0.25) is 0 Å². The molecule has 2 saturated heterocycles. The van der Waals surface area contributed by atoms with Gasteiger partial charge in [0.1, 0.15) is 0 Å². The third-order valence-electron chi connectivity index (χ3n) is 6.23. The predicted octanol–water partition coefficient (Wildman–Crippen LogP) is 2.34. The van der Waals surface area contributed by atoms with Crippen molar-refractivity contribution in [2.75, 3.05) is 46.1 Å². The number of hydrogen-bond acceptors (Lipinski definition) is 5. The number of piperidine rings is 1. The van der Waals surface area contributed by atoms with Crippen molar-refractivity contribution in [1.29, 1.82) is 0 Å². The highest BCUT2D eigenvalue weighted by atomic mass is 16.7. The summed E-state index contributed by atoms with van der Waals surface area (Å²) < 4.78 is 10.8. The maximum Gasteiger partial charge on any atom is 0.231 e. The number of carbonyl (C=O) groups excluding carboxylic acids is 2. The Labute approximate surface area is 178 Å². The van der Waals surface area contributed by atoms with Crippen LogP contribution in [-0.4, -0.2) is 72.6 Å². The van der Waals surface area contributed by atoms with Crippen LogP contribution in [0.5, 0.6) is 11.5 Å². The molecule has 7 nitrogen and oxygen atoms in total. The van der Waals surface area contributed by atoms with Gasteiger partial charge in [0.05, 0.1) is 5.92 Å². The summed E-state index contributed by atoms with van der Waals surface area (Å²) in [6.45, 7) is 11.5. The van der Waals surface area contributed by atoms with Gasteiger partial charge in [0.25, 0.3) is 0 Å². The Morgan fingerprint density at radius 1 is 1.00 bits per heavy atom. The Hall–Kier alpha value is -2.28. The summed E-state index contributed by atoms with van der Waals surface area (Å²) in [6, 6.07) is 6.09. The van der Waals surface area contributed by atoms with Gasteiger partial charge in [0, 0.05) is 51.2 Å². The second-order valence-corrected chi connectivity index (χ2v) is 9.63. The van der Waals surface area contributed by atoms with Gasteiger partial charge < -0.3 is 19.3 Å². The highest BCUT2D eigenvalue weighted by Gasteiger charge is 2.35. The minimum Gasteiger partial charge on any atom is -0.454 e. The number of likely N-dealkylation sites (tertiary alicyclic amines) is 1. The molecule has 0 bridgehead atoms. The van der Waals surface area contributed by atoms with Crippen molar-refractivity contribution in [3.63, 3.8) is 0 Å². The molecule has 0 spiro atoms. The van der Waals surface area contributed by atoms with E-state index in [-0.39, 0.29) is 17.7 Å². The molecule has 0 N–H and O–H groups in total. The standard InChI is InChI=1S/C23H33N3O4/c1-23(2,3)22(28)26-8-4-5-18(15-26)21(27)25-11-9-24(10-12-25)14-17-6-7-19-20(13-17)30-16-29-19/h6-7,13,18H,4-5,8-12,14-16H2,1-3H3. The van der Waals surface area contributed by atoms with Crippen LogP contribution in [0, 0.1) is 11.3 Å². The average Bonchev–Trinajstić information content (AvgIpc) is 3.20. The lowest BCUT2D eigenvalue weighted by molar-refractivity contribution is -0.146. The molecule has 0 aromatic heterocycles. The molecule has 2 fully saturated rings. The van der Waals surface area contributed by atoms with Crippen LogP contribution < -0.4 is 9.47 Å². The molecule has 4 rings (SSSR count). The quantitative estimate of drug-likeness (QED) is 0.758. The number of carbonyl (C=O) groups is 2. The van der Waals surface area contributed by atoms with E-state index in [0.29, 0.717) is 13.3 Å². The van der Waals surface area contributed by atoms with Gasteiger partial charge in [-0.2, -0.15) is 0 Å². The van der Waals surface area contributed by atoms with Crippen molar-refractivity contribution in [2.45, 2.75) is 40.2 Å². The molecule has 7 heteroatoms. The minimum atomic E-state index is -0.398. The van der Waals surface area contributed by atoms with E-state index in [9.17, 15) is 9.59 Å². The SMILES string of the molecule is CC(C)(C)C(=O)N1CCCC(C(=O)N2CCN(Cc3ccc4c(c3)OCO4)CC2)C1. The van der Waals surface area contributed by atoms with Crippen LogP contribution in [0.4, 0.5) is 0 Å². The summed E-state index contributed by atoms with van der Waals surface area (Å²) in [5, 5.41) is 0. The molecule has 0 radical (unpaired) electrons. The summed E-state index contributed by atoms with van der Waals surface area (Å²) in [7, 11) is 0.